The molecule has 1 amide bonds. The van der Waals surface area contributed by atoms with Gasteiger partial charge in [0.1, 0.15) is 11.9 Å². The van der Waals surface area contributed by atoms with Crippen molar-refractivity contribution < 1.29 is 9.18 Å². The molecule has 1 aromatic carbocycles. The van der Waals surface area contributed by atoms with Crippen LogP contribution in [0.3, 0.4) is 0 Å². The van der Waals surface area contributed by atoms with Gasteiger partial charge < -0.3 is 16.0 Å². The van der Waals surface area contributed by atoms with Gasteiger partial charge in [0.15, 0.2) is 0 Å². The molecule has 2 heterocycles. The number of pyridine rings is 1. The number of halogens is 1. The summed E-state index contributed by atoms with van der Waals surface area (Å²) in [7, 11) is 0. The molecule has 2 aromatic rings. The largest absolute Gasteiger partial charge is 0.354 e. The number of hydrogen-bond donors (Lipinski definition) is 3. The van der Waals surface area contributed by atoms with Gasteiger partial charge in [0.05, 0.1) is 0 Å². The van der Waals surface area contributed by atoms with E-state index in [-0.39, 0.29) is 11.7 Å². The molecule has 1 aromatic heterocycles. The molecule has 0 saturated carbocycles. The zero-order valence-corrected chi connectivity index (χ0v) is 16.2. The van der Waals surface area contributed by atoms with Gasteiger partial charge in [0, 0.05) is 18.9 Å². The molecule has 1 atom stereocenters. The molecule has 1 unspecified atom stereocenters. The molecule has 1 aliphatic rings. The molecule has 150 valence electrons. The van der Waals surface area contributed by atoms with Crippen LogP contribution < -0.4 is 16.0 Å². The number of amides is 1. The van der Waals surface area contributed by atoms with Crippen LogP contribution in [-0.2, 0) is 11.2 Å². The molecule has 5 nitrogen and oxygen atoms in total. The number of rotatable bonds is 9. The summed E-state index contributed by atoms with van der Waals surface area (Å²) in [4.78, 5) is 16.8. The molecule has 1 aliphatic heterocycles. The Kier molecular flexibility index (Phi) is 7.94. The Morgan fingerprint density at radius 3 is 2.71 bits per heavy atom. The van der Waals surface area contributed by atoms with E-state index in [9.17, 15) is 9.18 Å². The van der Waals surface area contributed by atoms with Crippen molar-refractivity contribution in [3.05, 3.63) is 65.7 Å². The fraction of sp³-hybridized carbons (Fsp3) is 0.455. The van der Waals surface area contributed by atoms with Gasteiger partial charge in [-0.1, -0.05) is 12.1 Å². The van der Waals surface area contributed by atoms with E-state index in [0.29, 0.717) is 18.0 Å². The zero-order valence-electron chi connectivity index (χ0n) is 16.2. The number of hydrogen-bond acceptors (Lipinski definition) is 4. The SMILES string of the molecule is O=C(NCCc1ccncc1)C(NCCC1CCNCC1)c1cccc(F)c1. The second kappa shape index (κ2) is 10.9. The Morgan fingerprint density at radius 1 is 1.18 bits per heavy atom. The van der Waals surface area contributed by atoms with Crippen LogP contribution in [0.25, 0.3) is 0 Å². The van der Waals surface area contributed by atoms with Crippen molar-refractivity contribution in [2.75, 3.05) is 26.2 Å². The van der Waals surface area contributed by atoms with Gasteiger partial charge in [-0.05, 0) is 86.6 Å². The summed E-state index contributed by atoms with van der Waals surface area (Å²) < 4.78 is 13.7. The van der Waals surface area contributed by atoms with Crippen molar-refractivity contribution in [1.29, 1.82) is 0 Å². The normalized spacial score (nSPS) is 15.9. The number of nitrogens with one attached hydrogen (secondary N) is 3. The van der Waals surface area contributed by atoms with E-state index >= 15 is 0 Å². The molecule has 1 fully saturated rings. The fourth-order valence-electron chi connectivity index (χ4n) is 3.63. The van der Waals surface area contributed by atoms with E-state index in [2.05, 4.69) is 20.9 Å². The van der Waals surface area contributed by atoms with E-state index in [1.54, 1.807) is 24.5 Å². The average molecular weight is 384 g/mol. The van der Waals surface area contributed by atoms with Crippen molar-refractivity contribution >= 4 is 5.91 Å². The number of carbonyl (C=O) groups is 1. The van der Waals surface area contributed by atoms with Crippen molar-refractivity contribution in [1.82, 2.24) is 20.9 Å². The summed E-state index contributed by atoms with van der Waals surface area (Å²) in [6.07, 6.45) is 7.59. The lowest BCUT2D eigenvalue weighted by Gasteiger charge is -2.24. The number of aromatic nitrogens is 1. The fourth-order valence-corrected chi connectivity index (χ4v) is 3.63. The summed E-state index contributed by atoms with van der Waals surface area (Å²) in [5, 5.41) is 9.70. The Balaban J connectivity index is 1.55. The first-order valence-electron chi connectivity index (χ1n) is 10.1. The summed E-state index contributed by atoms with van der Waals surface area (Å²) in [6, 6.07) is 9.61. The van der Waals surface area contributed by atoms with Gasteiger partial charge in [0.2, 0.25) is 5.91 Å². The highest BCUT2D eigenvalue weighted by Crippen LogP contribution is 2.18. The highest BCUT2D eigenvalue weighted by Gasteiger charge is 2.21. The first-order valence-corrected chi connectivity index (χ1v) is 10.1. The molecule has 0 radical (unpaired) electrons. The highest BCUT2D eigenvalue weighted by atomic mass is 19.1. The predicted octanol–water partition coefficient (Wildman–Crippen LogP) is 2.60. The maximum absolute atomic E-state index is 13.7. The number of piperidine rings is 1. The smallest absolute Gasteiger partial charge is 0.241 e. The maximum Gasteiger partial charge on any atom is 0.241 e. The number of carbonyl (C=O) groups excluding carboxylic acids is 1. The van der Waals surface area contributed by atoms with E-state index < -0.39 is 6.04 Å². The lowest BCUT2D eigenvalue weighted by atomic mass is 9.94. The Hall–Kier alpha value is -2.31. The molecule has 0 aliphatic carbocycles. The summed E-state index contributed by atoms with van der Waals surface area (Å²) in [6.45, 7) is 3.40. The van der Waals surface area contributed by atoms with Crippen molar-refractivity contribution in [2.45, 2.75) is 31.7 Å². The number of benzene rings is 1. The Morgan fingerprint density at radius 2 is 1.96 bits per heavy atom. The van der Waals surface area contributed by atoms with Gasteiger partial charge >= 0.3 is 0 Å². The van der Waals surface area contributed by atoms with Crippen LogP contribution in [0.4, 0.5) is 4.39 Å². The molecule has 0 bridgehead atoms. The molecule has 0 spiro atoms. The van der Waals surface area contributed by atoms with Gasteiger partial charge in [-0.2, -0.15) is 0 Å². The molecular weight excluding hydrogens is 355 g/mol. The average Bonchev–Trinajstić information content (AvgIpc) is 2.72. The van der Waals surface area contributed by atoms with Crippen LogP contribution in [0.15, 0.2) is 48.8 Å². The first kappa shape index (κ1) is 20.4. The van der Waals surface area contributed by atoms with Crippen LogP contribution in [0.5, 0.6) is 0 Å². The molecule has 1 saturated heterocycles. The third kappa shape index (κ3) is 6.39. The second-order valence-corrected chi connectivity index (χ2v) is 7.32. The highest BCUT2D eigenvalue weighted by molar-refractivity contribution is 5.83. The van der Waals surface area contributed by atoms with Crippen LogP contribution in [0.2, 0.25) is 0 Å². The van der Waals surface area contributed by atoms with Crippen molar-refractivity contribution in [3.63, 3.8) is 0 Å². The van der Waals surface area contributed by atoms with E-state index in [1.165, 1.54) is 25.0 Å². The lowest BCUT2D eigenvalue weighted by molar-refractivity contribution is -0.123. The molecular formula is C22H29FN4O. The maximum atomic E-state index is 13.7. The first-order chi connectivity index (χ1) is 13.7. The third-order valence-electron chi connectivity index (χ3n) is 5.27. The van der Waals surface area contributed by atoms with E-state index in [4.69, 9.17) is 0 Å². The summed E-state index contributed by atoms with van der Waals surface area (Å²) >= 11 is 0. The number of nitrogens with zero attached hydrogens (tertiary/aromatic N) is 1. The predicted molar refractivity (Wildman–Crippen MR) is 108 cm³/mol. The lowest BCUT2D eigenvalue weighted by Crippen LogP contribution is -2.39. The standard InChI is InChI=1S/C22H29FN4O/c23-20-3-1-2-19(16-20)21(26-14-8-17-4-10-24-11-5-17)22(28)27-15-9-18-6-12-25-13-7-18/h1-3,6-7,12-13,16-17,21,24,26H,4-5,8-11,14-15H2,(H,27,28). The van der Waals surface area contributed by atoms with Gasteiger partial charge in [-0.3, -0.25) is 9.78 Å². The molecule has 6 heteroatoms. The monoisotopic (exact) mass is 384 g/mol. The topological polar surface area (TPSA) is 66.0 Å². The summed E-state index contributed by atoms with van der Waals surface area (Å²) in [5.41, 5.74) is 1.78. The Bertz CT molecular complexity index is 734. The molecule has 28 heavy (non-hydrogen) atoms. The minimum atomic E-state index is -0.546. The Labute approximate surface area is 166 Å². The van der Waals surface area contributed by atoms with Crippen LogP contribution in [0.1, 0.15) is 36.4 Å². The van der Waals surface area contributed by atoms with Crippen LogP contribution >= 0.6 is 0 Å². The van der Waals surface area contributed by atoms with Gasteiger partial charge in [-0.25, -0.2) is 4.39 Å². The quantitative estimate of drug-likeness (QED) is 0.622. The van der Waals surface area contributed by atoms with Crippen LogP contribution in [-0.4, -0.2) is 37.1 Å². The van der Waals surface area contributed by atoms with E-state index in [1.807, 2.05) is 12.1 Å². The van der Waals surface area contributed by atoms with Crippen molar-refractivity contribution in [3.8, 4) is 0 Å². The second-order valence-electron chi connectivity index (χ2n) is 7.32. The summed E-state index contributed by atoms with van der Waals surface area (Å²) in [5.74, 6) is 0.230. The van der Waals surface area contributed by atoms with Crippen LogP contribution in [0, 0.1) is 11.7 Å². The van der Waals surface area contributed by atoms with Crippen molar-refractivity contribution in [2.24, 2.45) is 5.92 Å². The molecule has 3 rings (SSSR count). The van der Waals surface area contributed by atoms with Gasteiger partial charge in [-0.15, -0.1) is 0 Å². The zero-order chi connectivity index (χ0) is 19.6. The minimum absolute atomic E-state index is 0.120. The van der Waals surface area contributed by atoms with E-state index in [0.717, 1.165) is 38.0 Å². The minimum Gasteiger partial charge on any atom is -0.354 e. The van der Waals surface area contributed by atoms with Gasteiger partial charge in [0.25, 0.3) is 0 Å². The molecule has 3 N–H and O–H groups in total. The third-order valence-corrected chi connectivity index (χ3v) is 5.27.